The molecular formula is C14H12BrFN2O2. The topological polar surface area (TPSA) is 55.2 Å². The average Bonchev–Trinajstić information content (AvgIpc) is 2.42. The SMILES string of the molecule is O=[N+]([O-])c1cc(CNCc2ccccc2F)ccc1Br. The van der Waals surface area contributed by atoms with Crippen LogP contribution in [0.2, 0.25) is 0 Å². The molecule has 2 aromatic rings. The Labute approximate surface area is 123 Å². The fourth-order valence-corrected chi connectivity index (χ4v) is 2.18. The minimum Gasteiger partial charge on any atom is -0.309 e. The van der Waals surface area contributed by atoms with Gasteiger partial charge in [-0.1, -0.05) is 24.3 Å². The number of nitrogens with zero attached hydrogens (tertiary/aromatic N) is 1. The van der Waals surface area contributed by atoms with E-state index in [0.717, 1.165) is 5.56 Å². The maximum absolute atomic E-state index is 13.4. The highest BCUT2D eigenvalue weighted by Gasteiger charge is 2.12. The van der Waals surface area contributed by atoms with E-state index in [1.807, 2.05) is 0 Å². The van der Waals surface area contributed by atoms with E-state index in [2.05, 4.69) is 21.2 Å². The molecule has 0 aliphatic carbocycles. The van der Waals surface area contributed by atoms with Gasteiger partial charge < -0.3 is 5.32 Å². The third-order valence-electron chi connectivity index (χ3n) is 2.81. The Morgan fingerprint density at radius 1 is 1.20 bits per heavy atom. The van der Waals surface area contributed by atoms with Crippen LogP contribution in [0.4, 0.5) is 10.1 Å². The fourth-order valence-electron chi connectivity index (χ4n) is 1.79. The molecule has 0 aliphatic rings. The number of halogens is 2. The number of nitro benzene ring substituents is 1. The monoisotopic (exact) mass is 338 g/mol. The second-order valence-corrected chi connectivity index (χ2v) is 5.09. The molecule has 2 rings (SSSR count). The summed E-state index contributed by atoms with van der Waals surface area (Å²) < 4.78 is 13.8. The summed E-state index contributed by atoms with van der Waals surface area (Å²) in [6, 6.07) is 11.4. The lowest BCUT2D eigenvalue weighted by atomic mass is 10.2. The van der Waals surface area contributed by atoms with Crippen molar-refractivity contribution in [2.24, 2.45) is 0 Å². The van der Waals surface area contributed by atoms with Crippen molar-refractivity contribution in [2.45, 2.75) is 13.1 Å². The number of benzene rings is 2. The van der Waals surface area contributed by atoms with Gasteiger partial charge in [0.25, 0.3) is 5.69 Å². The van der Waals surface area contributed by atoms with Gasteiger partial charge in [-0.2, -0.15) is 0 Å². The molecule has 0 radical (unpaired) electrons. The van der Waals surface area contributed by atoms with E-state index in [9.17, 15) is 14.5 Å². The van der Waals surface area contributed by atoms with Crippen molar-refractivity contribution >= 4 is 21.6 Å². The molecule has 0 amide bonds. The summed E-state index contributed by atoms with van der Waals surface area (Å²) in [6.45, 7) is 0.805. The van der Waals surface area contributed by atoms with Crippen LogP contribution >= 0.6 is 15.9 Å². The average molecular weight is 339 g/mol. The van der Waals surface area contributed by atoms with Crippen molar-refractivity contribution in [3.8, 4) is 0 Å². The summed E-state index contributed by atoms with van der Waals surface area (Å²) in [4.78, 5) is 10.4. The molecule has 0 heterocycles. The van der Waals surface area contributed by atoms with Crippen LogP contribution in [-0.4, -0.2) is 4.92 Å². The van der Waals surface area contributed by atoms with Gasteiger partial charge in [-0.05, 0) is 33.6 Å². The molecule has 0 saturated carbocycles. The zero-order valence-electron chi connectivity index (χ0n) is 10.5. The van der Waals surface area contributed by atoms with Crippen LogP contribution in [0.1, 0.15) is 11.1 Å². The van der Waals surface area contributed by atoms with E-state index < -0.39 is 4.92 Å². The van der Waals surface area contributed by atoms with E-state index in [1.165, 1.54) is 12.1 Å². The first-order valence-electron chi connectivity index (χ1n) is 5.95. The van der Waals surface area contributed by atoms with Gasteiger partial charge in [-0.15, -0.1) is 0 Å². The molecule has 0 aromatic heterocycles. The van der Waals surface area contributed by atoms with Crippen LogP contribution < -0.4 is 5.32 Å². The largest absolute Gasteiger partial charge is 0.309 e. The first-order valence-corrected chi connectivity index (χ1v) is 6.74. The molecule has 0 atom stereocenters. The molecule has 20 heavy (non-hydrogen) atoms. The van der Waals surface area contributed by atoms with Gasteiger partial charge in [0, 0.05) is 24.7 Å². The second-order valence-electron chi connectivity index (χ2n) is 4.24. The highest BCUT2D eigenvalue weighted by atomic mass is 79.9. The number of nitrogens with one attached hydrogen (secondary N) is 1. The van der Waals surface area contributed by atoms with E-state index in [1.54, 1.807) is 30.3 Å². The molecule has 0 unspecified atom stereocenters. The van der Waals surface area contributed by atoms with Crippen molar-refractivity contribution in [1.29, 1.82) is 0 Å². The Morgan fingerprint density at radius 2 is 1.95 bits per heavy atom. The second kappa shape index (κ2) is 6.58. The van der Waals surface area contributed by atoms with Crippen LogP contribution in [-0.2, 0) is 13.1 Å². The lowest BCUT2D eigenvalue weighted by Crippen LogP contribution is -2.13. The first-order chi connectivity index (χ1) is 9.58. The highest BCUT2D eigenvalue weighted by Crippen LogP contribution is 2.25. The van der Waals surface area contributed by atoms with E-state index >= 15 is 0 Å². The Bertz CT molecular complexity index is 634. The maximum Gasteiger partial charge on any atom is 0.283 e. The third kappa shape index (κ3) is 3.61. The van der Waals surface area contributed by atoms with Gasteiger partial charge in [-0.25, -0.2) is 4.39 Å². The van der Waals surface area contributed by atoms with Gasteiger partial charge >= 0.3 is 0 Å². The van der Waals surface area contributed by atoms with Crippen LogP contribution in [0.5, 0.6) is 0 Å². The van der Waals surface area contributed by atoms with E-state index in [-0.39, 0.29) is 11.5 Å². The molecule has 0 fully saturated rings. The van der Waals surface area contributed by atoms with Crippen LogP contribution in [0.3, 0.4) is 0 Å². The quantitative estimate of drug-likeness (QED) is 0.666. The Morgan fingerprint density at radius 3 is 2.65 bits per heavy atom. The van der Waals surface area contributed by atoms with Gasteiger partial charge in [0.2, 0.25) is 0 Å². The van der Waals surface area contributed by atoms with Crippen molar-refractivity contribution in [2.75, 3.05) is 0 Å². The van der Waals surface area contributed by atoms with E-state index in [0.29, 0.717) is 23.1 Å². The van der Waals surface area contributed by atoms with Crippen molar-refractivity contribution in [3.63, 3.8) is 0 Å². The highest BCUT2D eigenvalue weighted by molar-refractivity contribution is 9.10. The number of hydrogen-bond acceptors (Lipinski definition) is 3. The number of nitro groups is 1. The van der Waals surface area contributed by atoms with Gasteiger partial charge in [0.05, 0.1) is 9.40 Å². The zero-order valence-corrected chi connectivity index (χ0v) is 12.1. The maximum atomic E-state index is 13.4. The first kappa shape index (κ1) is 14.6. The van der Waals surface area contributed by atoms with Crippen LogP contribution in [0, 0.1) is 15.9 Å². The third-order valence-corrected chi connectivity index (χ3v) is 3.48. The van der Waals surface area contributed by atoms with Crippen LogP contribution in [0.25, 0.3) is 0 Å². The molecule has 2 aromatic carbocycles. The summed E-state index contributed by atoms with van der Waals surface area (Å²) in [6.07, 6.45) is 0. The summed E-state index contributed by atoms with van der Waals surface area (Å²) >= 11 is 3.13. The molecule has 6 heteroatoms. The lowest BCUT2D eigenvalue weighted by Gasteiger charge is -2.06. The predicted molar refractivity (Wildman–Crippen MR) is 77.7 cm³/mol. The normalized spacial score (nSPS) is 10.5. The Balaban J connectivity index is 2.00. The summed E-state index contributed by atoms with van der Waals surface area (Å²) in [5, 5.41) is 13.9. The molecular weight excluding hydrogens is 327 g/mol. The van der Waals surface area contributed by atoms with Crippen molar-refractivity contribution < 1.29 is 9.31 Å². The van der Waals surface area contributed by atoms with Gasteiger partial charge in [0.1, 0.15) is 5.82 Å². The molecule has 0 saturated heterocycles. The Kier molecular flexibility index (Phi) is 4.81. The standard InChI is InChI=1S/C14H12BrFN2O2/c15-12-6-5-10(7-14(12)18(19)20)8-17-9-11-3-1-2-4-13(11)16/h1-7,17H,8-9H2. The smallest absolute Gasteiger partial charge is 0.283 e. The molecule has 1 N–H and O–H groups in total. The van der Waals surface area contributed by atoms with Gasteiger partial charge in [0.15, 0.2) is 0 Å². The lowest BCUT2D eigenvalue weighted by molar-refractivity contribution is -0.385. The predicted octanol–water partition coefficient (Wildman–Crippen LogP) is 3.79. The van der Waals surface area contributed by atoms with Crippen molar-refractivity contribution in [3.05, 3.63) is 74.0 Å². The zero-order chi connectivity index (χ0) is 14.5. The Hall–Kier alpha value is -1.79. The molecule has 4 nitrogen and oxygen atoms in total. The van der Waals surface area contributed by atoms with E-state index in [4.69, 9.17) is 0 Å². The fraction of sp³-hybridized carbons (Fsp3) is 0.143. The summed E-state index contributed by atoms with van der Waals surface area (Å²) in [7, 11) is 0. The minimum absolute atomic E-state index is 0.0233. The molecule has 0 spiro atoms. The summed E-state index contributed by atoms with van der Waals surface area (Å²) in [5.41, 5.74) is 1.37. The molecule has 104 valence electrons. The number of hydrogen-bond donors (Lipinski definition) is 1. The summed E-state index contributed by atoms with van der Waals surface area (Å²) in [5.74, 6) is -0.262. The van der Waals surface area contributed by atoms with Crippen molar-refractivity contribution in [1.82, 2.24) is 5.32 Å². The van der Waals surface area contributed by atoms with Gasteiger partial charge in [-0.3, -0.25) is 10.1 Å². The van der Waals surface area contributed by atoms with Crippen LogP contribution in [0.15, 0.2) is 46.9 Å². The molecule has 0 bridgehead atoms. The molecule has 0 aliphatic heterocycles. The number of rotatable bonds is 5. The minimum atomic E-state index is -0.440.